The molecule has 0 spiro atoms. The van der Waals surface area contributed by atoms with E-state index in [9.17, 15) is 79.5 Å². The highest BCUT2D eigenvalue weighted by atomic mass is 16.6. The normalized spacial score (nSPS) is 22.1. The van der Waals surface area contributed by atoms with Crippen LogP contribution in [0.3, 0.4) is 0 Å². The fourth-order valence-electron chi connectivity index (χ4n) is 13.6. The largest absolute Gasteiger partial charge is 0.394 e. The molecule has 0 saturated carbocycles. The maximum Gasteiger partial charge on any atom is 0.253 e. The number of ether oxygens (including phenoxy) is 12. The molecule has 0 radical (unpaired) electrons. The summed E-state index contributed by atoms with van der Waals surface area (Å²) in [7, 11) is 0. The maximum absolute atomic E-state index is 14.1. The molecule has 4 aliphatic rings. The van der Waals surface area contributed by atoms with Crippen molar-refractivity contribution in [1.82, 2.24) is 76.5 Å². The fourth-order valence-corrected chi connectivity index (χ4v) is 13.6. The highest BCUT2D eigenvalue weighted by Gasteiger charge is 2.41. The Bertz CT molecular complexity index is 3110. The van der Waals surface area contributed by atoms with Gasteiger partial charge in [-0.2, -0.15) is 0 Å². The van der Waals surface area contributed by atoms with Crippen LogP contribution in [0.15, 0.2) is 30.7 Å². The van der Waals surface area contributed by atoms with Crippen LogP contribution >= 0.6 is 0 Å². The molecular weight excluding hydrogens is 1570 g/mol. The molecule has 3 aromatic heterocycles. The predicted molar refractivity (Wildman–Crippen MR) is 414 cm³/mol. The van der Waals surface area contributed by atoms with Crippen LogP contribution in [0.25, 0.3) is 0 Å². The SMILES string of the molecule is O=C(CCCCCCCCCCC(=O)NC(CCC(=O)NCCOCCOCCOCc1cn(C[C@@H]2CO[C@H](CO)[C@H](O)[C@@H]2O)nn1)(CCC(=O)NCCOCCOCCOCc1cn(C[C@@H]2CO[C@H](CO)[C@H](O)[C@@H]2O)nn1)CCC(=O)NCCOCCOCCOCc1cn(C[C@@H]2CO[C@H](CO)[C@H](O)[C@@H]2O)nn1)NCCN1C(=O)C=CC1=O. The highest BCUT2D eigenvalue weighted by Crippen LogP contribution is 2.29. The van der Waals surface area contributed by atoms with Crippen LogP contribution in [-0.4, -0.2) is 369 Å². The quantitative estimate of drug-likeness (QED) is 0.0186. The van der Waals surface area contributed by atoms with Crippen LogP contribution < -0.4 is 26.6 Å². The fraction of sp³-hybridized carbons (Fsp3) is 0.803. The van der Waals surface area contributed by atoms with Crippen molar-refractivity contribution in [3.63, 3.8) is 0 Å². The lowest BCUT2D eigenvalue weighted by atomic mass is 9.82. The Hall–Kier alpha value is -7.19. The summed E-state index contributed by atoms with van der Waals surface area (Å²) < 4.78 is 72.1. The zero-order valence-corrected chi connectivity index (χ0v) is 68.0. The average molecular weight is 1700 g/mol. The van der Waals surface area contributed by atoms with Gasteiger partial charge in [0.25, 0.3) is 11.8 Å². The number of aliphatic hydroxyl groups is 9. The number of nitrogens with zero attached hydrogens (tertiary/aromatic N) is 10. The van der Waals surface area contributed by atoms with Crippen LogP contribution in [0.1, 0.15) is 120 Å². The van der Waals surface area contributed by atoms with Crippen molar-refractivity contribution in [3.05, 3.63) is 47.8 Å². The third-order valence-corrected chi connectivity index (χ3v) is 20.5. The van der Waals surface area contributed by atoms with Crippen molar-refractivity contribution in [2.24, 2.45) is 17.8 Å². The number of aliphatic hydroxyl groups excluding tert-OH is 9. The number of nitrogens with one attached hydrogen (secondary N) is 5. The molecule has 7 amide bonds. The van der Waals surface area contributed by atoms with Gasteiger partial charge in [-0.15, -0.1) is 15.3 Å². The molecule has 119 heavy (non-hydrogen) atoms. The van der Waals surface area contributed by atoms with E-state index in [0.717, 1.165) is 43.4 Å². The molecule has 7 heterocycles. The van der Waals surface area contributed by atoms with Crippen LogP contribution in [0.4, 0.5) is 0 Å². The Morgan fingerprint density at radius 1 is 0.378 bits per heavy atom. The van der Waals surface area contributed by atoms with Gasteiger partial charge in [0, 0.05) is 100 Å². The summed E-state index contributed by atoms with van der Waals surface area (Å²) in [4.78, 5) is 92.1. The molecule has 3 saturated heterocycles. The zero-order chi connectivity index (χ0) is 85.3. The first kappa shape index (κ1) is 98.9. The van der Waals surface area contributed by atoms with Gasteiger partial charge in [-0.05, 0) is 32.1 Å². The summed E-state index contributed by atoms with van der Waals surface area (Å²) in [6, 6.07) is 0. The summed E-state index contributed by atoms with van der Waals surface area (Å²) in [6.07, 6.45) is 4.81. The van der Waals surface area contributed by atoms with Gasteiger partial charge in [0.1, 0.15) is 53.7 Å². The Morgan fingerprint density at radius 3 is 0.992 bits per heavy atom. The lowest BCUT2D eigenvalue weighted by Crippen LogP contribution is -2.52. The first-order valence-corrected chi connectivity index (χ1v) is 41.3. The van der Waals surface area contributed by atoms with Gasteiger partial charge >= 0.3 is 0 Å². The first-order valence-electron chi connectivity index (χ1n) is 41.3. The summed E-state index contributed by atoms with van der Waals surface area (Å²) in [5.74, 6) is -3.66. The van der Waals surface area contributed by atoms with E-state index in [-0.39, 0.29) is 266 Å². The minimum Gasteiger partial charge on any atom is -0.394 e. The molecular formula is C76H127N15O28. The Morgan fingerprint density at radius 2 is 0.664 bits per heavy atom. The molecule has 12 atom stereocenters. The van der Waals surface area contributed by atoms with Gasteiger partial charge in [0.05, 0.1) is 215 Å². The lowest BCUT2D eigenvalue weighted by Gasteiger charge is -2.36. The molecule has 7 rings (SSSR count). The van der Waals surface area contributed by atoms with E-state index in [0.29, 0.717) is 36.3 Å². The number of carbonyl (C=O) groups excluding carboxylic acids is 7. The van der Waals surface area contributed by atoms with Gasteiger partial charge in [-0.3, -0.25) is 52.5 Å². The minimum atomic E-state index is -1.23. The van der Waals surface area contributed by atoms with Gasteiger partial charge < -0.3 is 129 Å². The number of imide groups is 1. The molecule has 14 N–H and O–H groups in total. The maximum atomic E-state index is 14.1. The third kappa shape index (κ3) is 38.0. The van der Waals surface area contributed by atoms with E-state index in [4.69, 9.17) is 56.8 Å². The number of aromatic nitrogens is 9. The number of unbranched alkanes of at least 4 members (excludes halogenated alkanes) is 7. The van der Waals surface area contributed by atoms with Crippen molar-refractivity contribution < 1.29 is 136 Å². The van der Waals surface area contributed by atoms with Gasteiger partial charge in [0.2, 0.25) is 29.5 Å². The van der Waals surface area contributed by atoms with Gasteiger partial charge in [0.15, 0.2) is 0 Å². The zero-order valence-electron chi connectivity index (χ0n) is 68.0. The number of amides is 7. The second-order valence-electron chi connectivity index (χ2n) is 29.7. The number of carbonyl (C=O) groups is 7. The second kappa shape index (κ2) is 57.2. The van der Waals surface area contributed by atoms with Crippen LogP contribution in [0.2, 0.25) is 0 Å². The summed E-state index contributed by atoms with van der Waals surface area (Å²) in [6.45, 7) is 4.43. The van der Waals surface area contributed by atoms with Crippen molar-refractivity contribution >= 4 is 41.4 Å². The Labute approximate surface area is 691 Å². The first-order chi connectivity index (χ1) is 57.8. The molecule has 43 heteroatoms. The molecule has 674 valence electrons. The van der Waals surface area contributed by atoms with Crippen molar-refractivity contribution in [3.8, 4) is 0 Å². The number of hydrogen-bond donors (Lipinski definition) is 14. The van der Waals surface area contributed by atoms with Crippen LogP contribution in [0.5, 0.6) is 0 Å². The summed E-state index contributed by atoms with van der Waals surface area (Å²) in [5.41, 5.74) is 0.435. The van der Waals surface area contributed by atoms with E-state index in [1.807, 2.05) is 0 Å². The van der Waals surface area contributed by atoms with Crippen LogP contribution in [0, 0.1) is 17.8 Å². The molecule has 0 aromatic carbocycles. The Kier molecular flexibility index (Phi) is 47.6. The van der Waals surface area contributed by atoms with Crippen LogP contribution in [-0.2, 0) is 130 Å². The van der Waals surface area contributed by atoms with E-state index < -0.39 is 110 Å². The molecule has 4 aliphatic heterocycles. The van der Waals surface area contributed by atoms with E-state index in [2.05, 4.69) is 57.5 Å². The van der Waals surface area contributed by atoms with E-state index >= 15 is 0 Å². The average Bonchev–Trinajstić information content (AvgIpc) is 1.81. The number of hydrogen-bond acceptors (Lipinski definition) is 34. The topological polar surface area (TPSA) is 568 Å². The molecule has 3 fully saturated rings. The van der Waals surface area contributed by atoms with E-state index in [1.54, 1.807) is 18.6 Å². The lowest BCUT2D eigenvalue weighted by molar-refractivity contribution is -0.177. The molecule has 3 aromatic rings. The third-order valence-electron chi connectivity index (χ3n) is 20.5. The summed E-state index contributed by atoms with van der Waals surface area (Å²) >= 11 is 0. The number of rotatable bonds is 66. The monoisotopic (exact) mass is 1700 g/mol. The van der Waals surface area contributed by atoms with Crippen molar-refractivity contribution in [2.45, 2.75) is 203 Å². The highest BCUT2D eigenvalue weighted by molar-refractivity contribution is 6.12. The van der Waals surface area contributed by atoms with Gasteiger partial charge in [-0.1, -0.05) is 54.2 Å². The molecule has 43 nitrogen and oxygen atoms in total. The molecule has 0 aliphatic carbocycles. The van der Waals surface area contributed by atoms with Gasteiger partial charge in [-0.25, -0.2) is 0 Å². The Balaban J connectivity index is 0.830. The molecule has 0 unspecified atom stereocenters. The van der Waals surface area contributed by atoms with Crippen molar-refractivity contribution in [1.29, 1.82) is 0 Å². The standard InChI is InChI=1S/C76H127N15O28/c92-45-60-73(105)70(102)54(48-117-60)39-88-42-57(82-85-88)51-114-36-33-111-30-27-108-24-20-78-64(96)13-16-76(81-67(99)10-8-6-4-2-1-3-5-7-9-63(95)77-19-23-91-68(100)11-12-69(91)101,17-14-65(97)79-21-25-109-28-31-112-34-37-115-52-58-43-89(86-83-58)40-55-49-118-61(46-93)74(106)71(55)103)18-15-66(98)80-22-26-110-29-32-113-35-38-116-53-59-44-90(87-84-59)41-56-50-119-62(47-94)75(107)72(56)104/h11-12,42-44,54-56,60-62,70-75,92-94,102-107H,1-10,13-41,45-53H2,(H,77,95)(H,78,96)(H,79,97)(H,80,98)(H,81,99)/t54-,55-,56-,60-,61-,62-,70-,71-,72-,73+,74+,75+/m1/s1. The second-order valence-corrected chi connectivity index (χ2v) is 29.7. The smallest absolute Gasteiger partial charge is 0.253 e. The molecule has 0 bridgehead atoms. The minimum absolute atomic E-state index is 0.0757. The predicted octanol–water partition coefficient (Wildman–Crippen LogP) is -4.82. The van der Waals surface area contributed by atoms with E-state index in [1.165, 1.54) is 26.2 Å². The van der Waals surface area contributed by atoms with Crippen molar-refractivity contribution in [2.75, 3.05) is 171 Å². The summed E-state index contributed by atoms with van der Waals surface area (Å²) in [5, 5.41) is 129.